The molecule has 1 aromatic carbocycles. The first-order valence-corrected chi connectivity index (χ1v) is 8.08. The highest BCUT2D eigenvalue weighted by Gasteiger charge is 2.28. The highest BCUT2D eigenvalue weighted by molar-refractivity contribution is 9.10. The van der Waals surface area contributed by atoms with Gasteiger partial charge in [-0.2, -0.15) is 0 Å². The van der Waals surface area contributed by atoms with Crippen molar-refractivity contribution in [2.24, 2.45) is 5.92 Å². The fraction of sp³-hybridized carbons (Fsp3) is 0.533. The highest BCUT2D eigenvalue weighted by Crippen LogP contribution is 2.38. The van der Waals surface area contributed by atoms with Crippen LogP contribution in [-0.2, 0) is 4.79 Å². The third-order valence-electron chi connectivity index (χ3n) is 3.94. The Kier molecular flexibility index (Phi) is 4.35. The molecule has 0 aliphatic carbocycles. The number of benzene rings is 1. The zero-order chi connectivity index (χ0) is 14.8. The van der Waals surface area contributed by atoms with Crippen LogP contribution in [0.3, 0.4) is 0 Å². The SMILES string of the molecule is CC1CCCNC1C(=O)Nc1cc2c(cc1Br)OCCO2. The Bertz CT molecular complexity index is 550. The van der Waals surface area contributed by atoms with E-state index in [0.29, 0.717) is 36.3 Å². The van der Waals surface area contributed by atoms with Gasteiger partial charge in [-0.05, 0) is 41.2 Å². The number of hydrogen-bond acceptors (Lipinski definition) is 4. The Labute approximate surface area is 132 Å². The minimum atomic E-state index is -0.140. The van der Waals surface area contributed by atoms with Crippen molar-refractivity contribution in [3.8, 4) is 11.5 Å². The van der Waals surface area contributed by atoms with Crippen LogP contribution in [0.5, 0.6) is 11.5 Å². The van der Waals surface area contributed by atoms with Gasteiger partial charge in [0.05, 0.1) is 11.7 Å². The lowest BCUT2D eigenvalue weighted by atomic mass is 9.92. The second-order valence-electron chi connectivity index (χ2n) is 5.52. The number of fused-ring (bicyclic) bond motifs is 1. The van der Waals surface area contributed by atoms with Gasteiger partial charge in [-0.15, -0.1) is 0 Å². The van der Waals surface area contributed by atoms with Crippen LogP contribution in [0.4, 0.5) is 5.69 Å². The van der Waals surface area contributed by atoms with Gasteiger partial charge in [-0.25, -0.2) is 0 Å². The summed E-state index contributed by atoms with van der Waals surface area (Å²) < 4.78 is 11.9. The lowest BCUT2D eigenvalue weighted by Crippen LogP contribution is -2.48. The largest absolute Gasteiger partial charge is 0.486 e. The molecule has 1 saturated heterocycles. The maximum absolute atomic E-state index is 12.4. The molecule has 0 saturated carbocycles. The summed E-state index contributed by atoms with van der Waals surface area (Å²) >= 11 is 3.47. The summed E-state index contributed by atoms with van der Waals surface area (Å²) in [7, 11) is 0. The summed E-state index contributed by atoms with van der Waals surface area (Å²) in [5, 5.41) is 6.26. The molecule has 2 heterocycles. The first-order valence-electron chi connectivity index (χ1n) is 7.28. The van der Waals surface area contributed by atoms with Crippen LogP contribution in [-0.4, -0.2) is 31.7 Å². The molecule has 5 nitrogen and oxygen atoms in total. The molecular formula is C15H19BrN2O3. The second-order valence-corrected chi connectivity index (χ2v) is 6.37. The molecule has 0 bridgehead atoms. The standard InChI is InChI=1S/C15H19BrN2O3/c1-9-3-2-4-17-14(9)15(19)18-11-8-13-12(7-10(11)16)20-5-6-21-13/h7-9,14,17H,2-6H2,1H3,(H,18,19). The monoisotopic (exact) mass is 354 g/mol. The maximum atomic E-state index is 12.4. The summed E-state index contributed by atoms with van der Waals surface area (Å²) in [6, 6.07) is 3.50. The number of rotatable bonds is 2. The lowest BCUT2D eigenvalue weighted by Gasteiger charge is -2.29. The minimum Gasteiger partial charge on any atom is -0.486 e. The van der Waals surface area contributed by atoms with E-state index in [4.69, 9.17) is 9.47 Å². The predicted octanol–water partition coefficient (Wildman–Crippen LogP) is 2.55. The number of amides is 1. The van der Waals surface area contributed by atoms with Gasteiger partial charge in [0.2, 0.25) is 5.91 Å². The van der Waals surface area contributed by atoms with Crippen LogP contribution in [0.25, 0.3) is 0 Å². The minimum absolute atomic E-state index is 0.000391. The Balaban J connectivity index is 1.76. The number of nitrogens with one attached hydrogen (secondary N) is 2. The van der Waals surface area contributed by atoms with Crippen molar-refractivity contribution < 1.29 is 14.3 Å². The summed E-state index contributed by atoms with van der Waals surface area (Å²) in [5.41, 5.74) is 0.712. The molecule has 2 aliphatic rings. The van der Waals surface area contributed by atoms with Gasteiger partial charge in [0.1, 0.15) is 13.2 Å². The molecule has 0 spiro atoms. The fourth-order valence-corrected chi connectivity index (χ4v) is 3.19. The lowest BCUT2D eigenvalue weighted by molar-refractivity contribution is -0.119. The van der Waals surface area contributed by atoms with Crippen molar-refractivity contribution in [1.82, 2.24) is 5.32 Å². The van der Waals surface area contributed by atoms with Gasteiger partial charge >= 0.3 is 0 Å². The normalized spacial score (nSPS) is 24.5. The average molecular weight is 355 g/mol. The first kappa shape index (κ1) is 14.7. The molecular weight excluding hydrogens is 336 g/mol. The predicted molar refractivity (Wildman–Crippen MR) is 84.0 cm³/mol. The van der Waals surface area contributed by atoms with Crippen LogP contribution in [0.1, 0.15) is 19.8 Å². The van der Waals surface area contributed by atoms with E-state index >= 15 is 0 Å². The van der Waals surface area contributed by atoms with Gasteiger partial charge in [-0.3, -0.25) is 4.79 Å². The van der Waals surface area contributed by atoms with Gasteiger partial charge in [0.15, 0.2) is 11.5 Å². The van der Waals surface area contributed by atoms with E-state index in [1.165, 1.54) is 0 Å². The van der Waals surface area contributed by atoms with E-state index in [1.54, 1.807) is 0 Å². The van der Waals surface area contributed by atoms with Gasteiger partial charge in [0, 0.05) is 16.6 Å². The first-order chi connectivity index (χ1) is 10.1. The molecule has 0 aromatic heterocycles. The zero-order valence-corrected chi connectivity index (χ0v) is 13.5. The van der Waals surface area contributed by atoms with Crippen LogP contribution >= 0.6 is 15.9 Å². The maximum Gasteiger partial charge on any atom is 0.241 e. The van der Waals surface area contributed by atoms with E-state index in [0.717, 1.165) is 23.9 Å². The Morgan fingerprint density at radius 2 is 2.05 bits per heavy atom. The number of ether oxygens (including phenoxy) is 2. The molecule has 0 radical (unpaired) electrons. The third kappa shape index (κ3) is 3.16. The molecule has 2 aliphatic heterocycles. The number of anilines is 1. The quantitative estimate of drug-likeness (QED) is 0.856. The fourth-order valence-electron chi connectivity index (χ4n) is 2.77. The molecule has 1 amide bonds. The smallest absolute Gasteiger partial charge is 0.241 e. The Morgan fingerprint density at radius 1 is 1.33 bits per heavy atom. The zero-order valence-electron chi connectivity index (χ0n) is 11.9. The second kappa shape index (κ2) is 6.23. The van der Waals surface area contributed by atoms with Crippen molar-refractivity contribution in [3.63, 3.8) is 0 Å². The number of carbonyl (C=O) groups is 1. The van der Waals surface area contributed by atoms with Gasteiger partial charge < -0.3 is 20.1 Å². The molecule has 1 aromatic rings. The van der Waals surface area contributed by atoms with E-state index in [2.05, 4.69) is 33.5 Å². The van der Waals surface area contributed by atoms with Crippen molar-refractivity contribution in [2.75, 3.05) is 25.1 Å². The topological polar surface area (TPSA) is 59.6 Å². The molecule has 6 heteroatoms. The van der Waals surface area contributed by atoms with Crippen LogP contribution in [0.2, 0.25) is 0 Å². The molecule has 2 N–H and O–H groups in total. The molecule has 1 fully saturated rings. The molecule has 2 atom stereocenters. The molecule has 2 unspecified atom stereocenters. The Morgan fingerprint density at radius 3 is 2.76 bits per heavy atom. The molecule has 114 valence electrons. The highest BCUT2D eigenvalue weighted by atomic mass is 79.9. The Hall–Kier alpha value is -1.27. The summed E-state index contributed by atoms with van der Waals surface area (Å²) in [6.45, 7) is 4.08. The van der Waals surface area contributed by atoms with Crippen molar-refractivity contribution in [1.29, 1.82) is 0 Å². The van der Waals surface area contributed by atoms with Crippen molar-refractivity contribution in [3.05, 3.63) is 16.6 Å². The number of halogens is 1. The van der Waals surface area contributed by atoms with Crippen LogP contribution < -0.4 is 20.1 Å². The van der Waals surface area contributed by atoms with Gasteiger partial charge in [-0.1, -0.05) is 6.92 Å². The van der Waals surface area contributed by atoms with E-state index in [9.17, 15) is 4.79 Å². The van der Waals surface area contributed by atoms with E-state index < -0.39 is 0 Å². The van der Waals surface area contributed by atoms with Crippen molar-refractivity contribution >= 4 is 27.5 Å². The van der Waals surface area contributed by atoms with Crippen LogP contribution in [0, 0.1) is 5.92 Å². The average Bonchev–Trinajstić information content (AvgIpc) is 2.48. The van der Waals surface area contributed by atoms with Crippen molar-refractivity contribution in [2.45, 2.75) is 25.8 Å². The van der Waals surface area contributed by atoms with Gasteiger partial charge in [0.25, 0.3) is 0 Å². The summed E-state index contributed by atoms with van der Waals surface area (Å²) in [4.78, 5) is 12.4. The summed E-state index contributed by atoms with van der Waals surface area (Å²) in [6.07, 6.45) is 2.20. The van der Waals surface area contributed by atoms with E-state index in [-0.39, 0.29) is 11.9 Å². The number of carbonyl (C=O) groups excluding carboxylic acids is 1. The summed E-state index contributed by atoms with van der Waals surface area (Å²) in [5.74, 6) is 1.72. The van der Waals surface area contributed by atoms with E-state index in [1.807, 2.05) is 12.1 Å². The molecule has 3 rings (SSSR count). The van der Waals surface area contributed by atoms with Crippen LogP contribution in [0.15, 0.2) is 16.6 Å². The number of piperidine rings is 1. The molecule has 21 heavy (non-hydrogen) atoms. The third-order valence-corrected chi connectivity index (χ3v) is 4.60. The number of hydrogen-bond donors (Lipinski definition) is 2.